The first kappa shape index (κ1) is 22.8. The van der Waals surface area contributed by atoms with Crippen molar-refractivity contribution in [2.24, 2.45) is 0 Å². The Morgan fingerprint density at radius 3 is 2.41 bits per heavy atom. The predicted molar refractivity (Wildman–Crippen MR) is 129 cm³/mol. The number of anilines is 4. The summed E-state index contributed by atoms with van der Waals surface area (Å²) in [6, 6.07) is 6.11. The van der Waals surface area contributed by atoms with Crippen LogP contribution in [0.1, 0.15) is 38.5 Å². The number of nitrogen functional groups attached to an aromatic ring is 1. The maximum Gasteiger partial charge on any atom is 0.251 e. The normalized spacial score (nSPS) is 18.2. The lowest BCUT2D eigenvalue weighted by molar-refractivity contribution is 0.285. The molecular formula is C22H33ClN8O. The quantitative estimate of drug-likeness (QED) is 0.673. The van der Waals surface area contributed by atoms with Gasteiger partial charge in [-0.3, -0.25) is 0 Å². The molecule has 2 aliphatic rings. The molecule has 32 heavy (non-hydrogen) atoms. The average molecular weight is 461 g/mol. The summed E-state index contributed by atoms with van der Waals surface area (Å²) < 4.78 is 5.35. The molecule has 0 amide bonds. The van der Waals surface area contributed by atoms with Crippen molar-refractivity contribution in [1.82, 2.24) is 25.3 Å². The fourth-order valence-electron chi connectivity index (χ4n) is 4.43. The molecule has 0 aliphatic carbocycles. The topological polar surface area (TPSA) is 95.7 Å². The molecule has 2 aromatic rings. The Hall–Kier alpha value is -2.36. The first-order chi connectivity index (χ1) is 15.6. The molecule has 1 aromatic heterocycles. The molecular weight excluding hydrogens is 428 g/mol. The highest BCUT2D eigenvalue weighted by Gasteiger charge is 2.26. The number of ether oxygens (including phenoxy) is 1. The van der Waals surface area contributed by atoms with Crippen LogP contribution in [0.2, 0.25) is 5.02 Å². The van der Waals surface area contributed by atoms with E-state index in [1.165, 1.54) is 12.8 Å². The van der Waals surface area contributed by atoms with E-state index >= 15 is 0 Å². The lowest BCUT2D eigenvalue weighted by atomic mass is 10.1. The maximum atomic E-state index is 6.48. The zero-order valence-electron chi connectivity index (χ0n) is 18.9. The molecule has 0 radical (unpaired) electrons. The van der Waals surface area contributed by atoms with Crippen LogP contribution in [0.4, 0.5) is 23.5 Å². The lowest BCUT2D eigenvalue weighted by Gasteiger charge is -2.35. The van der Waals surface area contributed by atoms with E-state index in [-0.39, 0.29) is 5.95 Å². The van der Waals surface area contributed by atoms with Gasteiger partial charge in [-0.25, -0.2) is 10.0 Å². The third kappa shape index (κ3) is 5.16. The third-order valence-corrected chi connectivity index (χ3v) is 6.53. The van der Waals surface area contributed by atoms with Crippen molar-refractivity contribution in [3.8, 4) is 5.75 Å². The van der Waals surface area contributed by atoms with Crippen LogP contribution in [-0.2, 0) is 0 Å². The number of benzene rings is 1. The van der Waals surface area contributed by atoms with Crippen molar-refractivity contribution in [2.75, 3.05) is 56.0 Å². The zero-order chi connectivity index (χ0) is 22.5. The molecule has 2 aliphatic heterocycles. The molecule has 1 aromatic carbocycles. The molecule has 4 rings (SSSR count). The number of nitrogens with zero attached hydrogens (tertiary/aromatic N) is 6. The Labute approximate surface area is 194 Å². The first-order valence-electron chi connectivity index (χ1n) is 11.4. The van der Waals surface area contributed by atoms with Gasteiger partial charge in [0.2, 0.25) is 11.9 Å². The summed E-state index contributed by atoms with van der Waals surface area (Å²) in [5, 5.41) is 8.27. The number of hydrogen-bond acceptors (Lipinski definition) is 9. The van der Waals surface area contributed by atoms with E-state index in [2.05, 4.69) is 25.2 Å². The highest BCUT2D eigenvalue weighted by atomic mass is 35.5. The molecule has 3 heterocycles. The summed E-state index contributed by atoms with van der Waals surface area (Å²) in [4.78, 5) is 16.0. The van der Waals surface area contributed by atoms with E-state index in [0.29, 0.717) is 28.7 Å². The number of nitrogens with two attached hydrogens (primary N) is 1. The van der Waals surface area contributed by atoms with Crippen LogP contribution in [0.5, 0.6) is 5.75 Å². The second-order valence-corrected chi connectivity index (χ2v) is 8.79. The van der Waals surface area contributed by atoms with Crippen LogP contribution in [0.15, 0.2) is 18.2 Å². The van der Waals surface area contributed by atoms with Crippen LogP contribution in [0.25, 0.3) is 0 Å². The van der Waals surface area contributed by atoms with Crippen LogP contribution in [0.3, 0.4) is 0 Å². The number of hydrazine groups is 1. The Morgan fingerprint density at radius 2 is 1.75 bits per heavy atom. The van der Waals surface area contributed by atoms with Gasteiger partial charge in [-0.2, -0.15) is 15.0 Å². The van der Waals surface area contributed by atoms with E-state index in [1.54, 1.807) is 7.11 Å². The Balaban J connectivity index is 1.73. The molecule has 2 saturated heterocycles. The monoisotopic (exact) mass is 460 g/mol. The van der Waals surface area contributed by atoms with Gasteiger partial charge in [0.05, 0.1) is 17.8 Å². The van der Waals surface area contributed by atoms with E-state index in [4.69, 9.17) is 27.1 Å². The van der Waals surface area contributed by atoms with Gasteiger partial charge >= 0.3 is 0 Å². The largest absolute Gasteiger partial charge is 0.495 e. The van der Waals surface area contributed by atoms with Crippen LogP contribution in [-0.4, -0.2) is 66.3 Å². The van der Waals surface area contributed by atoms with Crippen molar-refractivity contribution in [2.45, 2.75) is 44.6 Å². The molecule has 0 unspecified atom stereocenters. The fraction of sp³-hybridized carbons (Fsp3) is 0.591. The Morgan fingerprint density at radius 1 is 1.06 bits per heavy atom. The number of rotatable bonds is 6. The minimum atomic E-state index is 0.213. The molecule has 0 atom stereocenters. The Kier molecular flexibility index (Phi) is 7.49. The molecule has 0 spiro atoms. The van der Waals surface area contributed by atoms with E-state index in [1.807, 2.05) is 30.3 Å². The summed E-state index contributed by atoms with van der Waals surface area (Å²) in [6.45, 7) is 3.81. The van der Waals surface area contributed by atoms with Crippen molar-refractivity contribution in [3.05, 3.63) is 23.2 Å². The average Bonchev–Trinajstić information content (AvgIpc) is 3.08. The van der Waals surface area contributed by atoms with Crippen molar-refractivity contribution in [1.29, 1.82) is 0 Å². The number of hydrogen-bond donors (Lipinski definition) is 2. The van der Waals surface area contributed by atoms with Crippen LogP contribution in [0, 0.1) is 0 Å². The highest BCUT2D eigenvalue weighted by molar-refractivity contribution is 6.32. The Bertz CT molecular complexity index is 899. The smallest absolute Gasteiger partial charge is 0.251 e. The molecule has 9 nitrogen and oxygen atoms in total. The van der Waals surface area contributed by atoms with Crippen molar-refractivity contribution < 1.29 is 4.74 Å². The van der Waals surface area contributed by atoms with Crippen LogP contribution < -0.4 is 25.7 Å². The van der Waals surface area contributed by atoms with Gasteiger partial charge in [-0.05, 0) is 57.0 Å². The summed E-state index contributed by atoms with van der Waals surface area (Å²) >= 11 is 6.48. The van der Waals surface area contributed by atoms with Crippen LogP contribution >= 0.6 is 11.6 Å². The molecule has 3 N–H and O–H groups in total. The second-order valence-electron chi connectivity index (χ2n) is 8.38. The summed E-state index contributed by atoms with van der Waals surface area (Å²) in [5.74, 6) is 1.95. The molecule has 2 fully saturated rings. The van der Waals surface area contributed by atoms with Gasteiger partial charge in [-0.15, -0.1) is 0 Å². The van der Waals surface area contributed by atoms with Gasteiger partial charge in [0, 0.05) is 26.2 Å². The van der Waals surface area contributed by atoms with Gasteiger partial charge in [0.1, 0.15) is 5.75 Å². The molecule has 10 heteroatoms. The summed E-state index contributed by atoms with van der Waals surface area (Å²) in [7, 11) is 3.65. The molecule has 174 valence electrons. The maximum absolute atomic E-state index is 6.48. The van der Waals surface area contributed by atoms with Crippen molar-refractivity contribution >= 4 is 35.1 Å². The minimum Gasteiger partial charge on any atom is -0.495 e. The standard InChI is InChI=1S/C22H33ClN8O/c1-29(16-9-11-25-12-10-16)21-26-20(24)27-22(28-21)31(30-13-5-3-4-6-14-30)17-7-8-19(32-2)18(23)15-17/h7-8,15-16,25H,3-6,9-14H2,1-2H3,(H2,24,26,27,28). The van der Waals surface area contributed by atoms with Gasteiger partial charge < -0.3 is 20.7 Å². The summed E-state index contributed by atoms with van der Waals surface area (Å²) in [6.07, 6.45) is 6.75. The molecule has 0 bridgehead atoms. The summed E-state index contributed by atoms with van der Waals surface area (Å²) in [5.41, 5.74) is 7.06. The number of halogens is 1. The van der Waals surface area contributed by atoms with Crippen molar-refractivity contribution in [3.63, 3.8) is 0 Å². The second kappa shape index (κ2) is 10.5. The van der Waals surface area contributed by atoms with E-state index < -0.39 is 0 Å². The molecule has 0 saturated carbocycles. The SMILES string of the molecule is COc1ccc(N(c2nc(N)nc(N(C)C3CCNCC3)n2)N2CCCCCC2)cc1Cl. The highest BCUT2D eigenvalue weighted by Crippen LogP contribution is 2.34. The van der Waals surface area contributed by atoms with Gasteiger partial charge in [-0.1, -0.05) is 24.4 Å². The fourth-order valence-corrected chi connectivity index (χ4v) is 4.68. The number of methoxy groups -OCH3 is 1. The number of nitrogens with one attached hydrogen (secondary N) is 1. The first-order valence-corrected chi connectivity index (χ1v) is 11.8. The van der Waals surface area contributed by atoms with E-state index in [0.717, 1.165) is 57.5 Å². The number of piperidine rings is 1. The zero-order valence-corrected chi connectivity index (χ0v) is 19.7. The van der Waals surface area contributed by atoms with Gasteiger partial charge in [0.25, 0.3) is 5.95 Å². The van der Waals surface area contributed by atoms with E-state index in [9.17, 15) is 0 Å². The third-order valence-electron chi connectivity index (χ3n) is 6.24. The van der Waals surface area contributed by atoms with Gasteiger partial charge in [0.15, 0.2) is 0 Å². The lowest BCUT2D eigenvalue weighted by Crippen LogP contribution is -2.43. The number of aromatic nitrogens is 3. The minimum absolute atomic E-state index is 0.213. The predicted octanol–water partition coefficient (Wildman–Crippen LogP) is 3.23.